The van der Waals surface area contributed by atoms with Gasteiger partial charge in [-0.15, -0.1) is 0 Å². The summed E-state index contributed by atoms with van der Waals surface area (Å²) < 4.78 is 33.0. The lowest BCUT2D eigenvalue weighted by atomic mass is 10.1. The van der Waals surface area contributed by atoms with E-state index in [1.165, 1.54) is 10.6 Å². The molecule has 0 aliphatic heterocycles. The number of rotatable bonds is 5. The second-order valence-corrected chi connectivity index (χ2v) is 7.94. The number of aryl methyl sites for hydroxylation is 1. The minimum atomic E-state index is -3.45. The highest BCUT2D eigenvalue weighted by atomic mass is 32.2. The summed E-state index contributed by atoms with van der Waals surface area (Å²) in [4.78, 5) is 11.7. The van der Waals surface area contributed by atoms with Crippen molar-refractivity contribution < 1.29 is 13.2 Å². The number of hydrogen-bond acceptors (Lipinski definition) is 5. The van der Waals surface area contributed by atoms with Crippen molar-refractivity contribution in [3.05, 3.63) is 76.7 Å². The first kappa shape index (κ1) is 19.2. The average Bonchev–Trinajstić information content (AvgIpc) is 2.64. The van der Waals surface area contributed by atoms with Crippen molar-refractivity contribution in [2.24, 2.45) is 7.05 Å². The number of nitriles is 1. The van der Waals surface area contributed by atoms with Gasteiger partial charge in [0.25, 0.3) is 0 Å². The standard InChI is InChI=1S/C20H17N3O4S/c1-23-13-15(6-9-20(23)24)18-11-16(22-28(2,25)26)7-8-19(18)27-17-5-3-4-14(10-17)12-21/h3-11,13,22H,1-2H3. The summed E-state index contributed by atoms with van der Waals surface area (Å²) in [6, 6.07) is 16.7. The van der Waals surface area contributed by atoms with Gasteiger partial charge >= 0.3 is 0 Å². The highest BCUT2D eigenvalue weighted by molar-refractivity contribution is 7.92. The summed E-state index contributed by atoms with van der Waals surface area (Å²) >= 11 is 0. The molecule has 0 aliphatic carbocycles. The number of hydrogen-bond donors (Lipinski definition) is 1. The third-order valence-electron chi connectivity index (χ3n) is 3.87. The number of benzene rings is 2. The minimum Gasteiger partial charge on any atom is -0.457 e. The molecule has 0 spiro atoms. The molecule has 3 aromatic rings. The summed E-state index contributed by atoms with van der Waals surface area (Å²) in [5.41, 5.74) is 1.91. The molecule has 0 fully saturated rings. The van der Waals surface area contributed by atoms with Crippen molar-refractivity contribution in [2.75, 3.05) is 11.0 Å². The lowest BCUT2D eigenvalue weighted by molar-refractivity contribution is 0.484. The van der Waals surface area contributed by atoms with Crippen molar-refractivity contribution in [1.82, 2.24) is 4.57 Å². The molecular formula is C20H17N3O4S. The van der Waals surface area contributed by atoms with Crippen molar-refractivity contribution >= 4 is 15.7 Å². The number of nitrogens with one attached hydrogen (secondary N) is 1. The fourth-order valence-corrected chi connectivity index (χ4v) is 3.19. The van der Waals surface area contributed by atoms with E-state index in [1.807, 2.05) is 0 Å². The van der Waals surface area contributed by atoms with Gasteiger partial charge in [0.05, 0.1) is 17.9 Å². The van der Waals surface area contributed by atoms with E-state index in [-0.39, 0.29) is 5.56 Å². The Labute approximate surface area is 162 Å². The number of ether oxygens (including phenoxy) is 1. The van der Waals surface area contributed by atoms with Crippen LogP contribution in [0.3, 0.4) is 0 Å². The van der Waals surface area contributed by atoms with Crippen LogP contribution in [0.1, 0.15) is 5.56 Å². The zero-order valence-electron chi connectivity index (χ0n) is 15.2. The van der Waals surface area contributed by atoms with Gasteiger partial charge in [-0.3, -0.25) is 9.52 Å². The van der Waals surface area contributed by atoms with Crippen molar-refractivity contribution in [3.8, 4) is 28.7 Å². The molecule has 0 saturated heterocycles. The van der Waals surface area contributed by atoms with Gasteiger partial charge in [0, 0.05) is 36.1 Å². The third kappa shape index (κ3) is 4.58. The fourth-order valence-electron chi connectivity index (χ4n) is 2.63. The molecule has 0 bridgehead atoms. The molecule has 0 amide bonds. The Balaban J connectivity index is 2.11. The molecule has 3 rings (SSSR count). The summed E-state index contributed by atoms with van der Waals surface area (Å²) in [6.07, 6.45) is 2.71. The Morgan fingerprint density at radius 1 is 1.11 bits per heavy atom. The predicted octanol–water partition coefficient (Wildman–Crippen LogP) is 3.09. The van der Waals surface area contributed by atoms with E-state index in [4.69, 9.17) is 10.00 Å². The van der Waals surface area contributed by atoms with Gasteiger partial charge in [-0.05, 0) is 42.5 Å². The maximum atomic E-state index is 11.7. The molecule has 28 heavy (non-hydrogen) atoms. The van der Waals surface area contributed by atoms with E-state index in [0.717, 1.165) is 6.26 Å². The molecule has 0 unspecified atom stereocenters. The lowest BCUT2D eigenvalue weighted by Crippen LogP contribution is -2.14. The molecule has 7 nitrogen and oxygen atoms in total. The monoisotopic (exact) mass is 395 g/mol. The molecule has 8 heteroatoms. The summed E-state index contributed by atoms with van der Waals surface area (Å²) in [5, 5.41) is 9.06. The van der Waals surface area contributed by atoms with Crippen LogP contribution < -0.4 is 15.0 Å². The van der Waals surface area contributed by atoms with Crippen molar-refractivity contribution in [3.63, 3.8) is 0 Å². The number of anilines is 1. The van der Waals surface area contributed by atoms with Gasteiger partial charge in [-0.1, -0.05) is 6.07 Å². The largest absolute Gasteiger partial charge is 0.457 e. The molecular weight excluding hydrogens is 378 g/mol. The number of pyridine rings is 1. The van der Waals surface area contributed by atoms with Crippen LogP contribution in [-0.2, 0) is 17.1 Å². The predicted molar refractivity (Wildman–Crippen MR) is 107 cm³/mol. The summed E-state index contributed by atoms with van der Waals surface area (Å²) in [5.74, 6) is 0.918. The molecule has 1 heterocycles. The Hall–Kier alpha value is -3.57. The number of aromatic nitrogens is 1. The van der Waals surface area contributed by atoms with Crippen LogP contribution in [0.25, 0.3) is 11.1 Å². The number of sulfonamides is 1. The van der Waals surface area contributed by atoms with Gasteiger partial charge in [-0.25, -0.2) is 8.42 Å². The topological polar surface area (TPSA) is 101 Å². The molecule has 1 aromatic heterocycles. The van der Waals surface area contributed by atoms with Crippen LogP contribution in [0.2, 0.25) is 0 Å². The SMILES string of the molecule is Cn1cc(-c2cc(NS(C)(=O)=O)ccc2Oc2cccc(C#N)c2)ccc1=O. The third-order valence-corrected chi connectivity index (χ3v) is 4.48. The van der Waals surface area contributed by atoms with Gasteiger partial charge in [-0.2, -0.15) is 5.26 Å². The average molecular weight is 395 g/mol. The molecule has 0 saturated carbocycles. The Morgan fingerprint density at radius 3 is 2.57 bits per heavy atom. The van der Waals surface area contributed by atoms with Gasteiger partial charge < -0.3 is 9.30 Å². The van der Waals surface area contributed by atoms with Crippen LogP contribution in [0.4, 0.5) is 5.69 Å². The van der Waals surface area contributed by atoms with Crippen LogP contribution in [0.15, 0.2) is 65.6 Å². The molecule has 0 radical (unpaired) electrons. The van der Waals surface area contributed by atoms with Crippen molar-refractivity contribution in [1.29, 1.82) is 5.26 Å². The second-order valence-electron chi connectivity index (χ2n) is 6.19. The molecule has 2 aromatic carbocycles. The highest BCUT2D eigenvalue weighted by Gasteiger charge is 2.12. The zero-order chi connectivity index (χ0) is 20.3. The Kier molecular flexibility index (Phi) is 5.20. The van der Waals surface area contributed by atoms with Gasteiger partial charge in [0.2, 0.25) is 15.6 Å². The highest BCUT2D eigenvalue weighted by Crippen LogP contribution is 2.35. The smallest absolute Gasteiger partial charge is 0.250 e. The summed E-state index contributed by atoms with van der Waals surface area (Å²) in [7, 11) is -1.83. The second kappa shape index (κ2) is 7.58. The van der Waals surface area contributed by atoms with Gasteiger partial charge in [0.15, 0.2) is 0 Å². The summed E-state index contributed by atoms with van der Waals surface area (Å²) in [6.45, 7) is 0. The van der Waals surface area contributed by atoms with Gasteiger partial charge in [0.1, 0.15) is 11.5 Å². The molecule has 0 atom stereocenters. The Morgan fingerprint density at radius 2 is 1.89 bits per heavy atom. The quantitative estimate of drug-likeness (QED) is 0.715. The Bertz CT molecular complexity index is 1240. The first-order valence-electron chi connectivity index (χ1n) is 8.22. The lowest BCUT2D eigenvalue weighted by Gasteiger charge is -2.14. The maximum absolute atomic E-state index is 11.7. The van der Waals surface area contributed by atoms with E-state index in [0.29, 0.717) is 33.9 Å². The van der Waals surface area contributed by atoms with E-state index in [9.17, 15) is 13.2 Å². The molecule has 142 valence electrons. The molecule has 1 N–H and O–H groups in total. The first-order valence-corrected chi connectivity index (χ1v) is 10.1. The van der Waals surface area contributed by atoms with Crippen LogP contribution in [0.5, 0.6) is 11.5 Å². The number of nitrogens with zero attached hydrogens (tertiary/aromatic N) is 2. The molecule has 0 aliphatic rings. The van der Waals surface area contributed by atoms with E-state index in [2.05, 4.69) is 10.8 Å². The zero-order valence-corrected chi connectivity index (χ0v) is 16.0. The minimum absolute atomic E-state index is 0.168. The van der Waals surface area contributed by atoms with Crippen LogP contribution >= 0.6 is 0 Å². The van der Waals surface area contributed by atoms with E-state index >= 15 is 0 Å². The first-order chi connectivity index (χ1) is 13.2. The maximum Gasteiger partial charge on any atom is 0.250 e. The van der Waals surface area contributed by atoms with E-state index in [1.54, 1.807) is 61.8 Å². The van der Waals surface area contributed by atoms with E-state index < -0.39 is 10.0 Å². The fraction of sp³-hybridized carbons (Fsp3) is 0.100. The van der Waals surface area contributed by atoms with Crippen LogP contribution in [-0.4, -0.2) is 19.2 Å². The van der Waals surface area contributed by atoms with Crippen molar-refractivity contribution in [2.45, 2.75) is 0 Å². The normalized spacial score (nSPS) is 10.9. The van der Waals surface area contributed by atoms with Crippen LogP contribution in [0, 0.1) is 11.3 Å².